The van der Waals surface area contributed by atoms with E-state index in [0.717, 1.165) is 6.07 Å². The van der Waals surface area contributed by atoms with Crippen LogP contribution in [0.2, 0.25) is 5.02 Å². The van der Waals surface area contributed by atoms with Gasteiger partial charge >= 0.3 is 0 Å². The van der Waals surface area contributed by atoms with E-state index in [9.17, 15) is 14.9 Å². The number of hydrogen-bond donors (Lipinski definition) is 2. The Hall–Kier alpha value is -2.59. The van der Waals surface area contributed by atoms with E-state index in [1.54, 1.807) is 6.07 Å². The summed E-state index contributed by atoms with van der Waals surface area (Å²) in [5.41, 5.74) is -0.301. The smallest absolute Gasteiger partial charge is 0.271 e. The molecule has 0 aliphatic heterocycles. The second-order valence-electron chi connectivity index (χ2n) is 4.37. The van der Waals surface area contributed by atoms with Gasteiger partial charge in [-0.25, -0.2) is 0 Å². The highest BCUT2D eigenvalue weighted by atomic mass is 35.5. The molecule has 0 spiro atoms. The van der Waals surface area contributed by atoms with Gasteiger partial charge in [-0.05, 0) is 19.9 Å². The van der Waals surface area contributed by atoms with Gasteiger partial charge in [-0.2, -0.15) is 5.26 Å². The topological polar surface area (TPSA) is 108 Å². The summed E-state index contributed by atoms with van der Waals surface area (Å²) in [6.45, 7) is 3.70. The summed E-state index contributed by atoms with van der Waals surface area (Å²) in [6.07, 6.45) is 1.28. The van der Waals surface area contributed by atoms with Crippen LogP contribution in [0.1, 0.15) is 13.8 Å². The zero-order valence-electron chi connectivity index (χ0n) is 11.4. The molecule has 0 aliphatic rings. The fraction of sp³-hybridized carbons (Fsp3) is 0.231. The fourth-order valence-electron chi connectivity index (χ4n) is 1.31. The lowest BCUT2D eigenvalue weighted by molar-refractivity contribution is -0.384. The lowest BCUT2D eigenvalue weighted by atomic mass is 10.2. The number of carbonyl (C=O) groups excluding carboxylic acids is 1. The summed E-state index contributed by atoms with van der Waals surface area (Å²) in [7, 11) is 0. The molecular weight excluding hydrogens is 296 g/mol. The minimum absolute atomic E-state index is 0.0579. The molecule has 8 heteroatoms. The third kappa shape index (κ3) is 4.78. The maximum atomic E-state index is 11.9. The summed E-state index contributed by atoms with van der Waals surface area (Å²) < 4.78 is 0. The van der Waals surface area contributed by atoms with Gasteiger partial charge in [0.25, 0.3) is 11.6 Å². The van der Waals surface area contributed by atoms with Gasteiger partial charge in [0.1, 0.15) is 11.6 Å². The highest BCUT2D eigenvalue weighted by Gasteiger charge is 2.14. The van der Waals surface area contributed by atoms with Crippen molar-refractivity contribution in [2.45, 2.75) is 19.9 Å². The normalized spacial score (nSPS) is 10.9. The average molecular weight is 309 g/mol. The number of nitro groups is 1. The molecule has 0 saturated heterocycles. The second kappa shape index (κ2) is 7.26. The Morgan fingerprint density at radius 3 is 2.71 bits per heavy atom. The first-order valence-electron chi connectivity index (χ1n) is 5.96. The number of carbonyl (C=O) groups is 1. The van der Waals surface area contributed by atoms with E-state index in [1.807, 2.05) is 13.8 Å². The first kappa shape index (κ1) is 16.5. The van der Waals surface area contributed by atoms with Crippen LogP contribution in [0, 0.1) is 21.4 Å². The molecular formula is C13H13ClN4O3. The Morgan fingerprint density at radius 1 is 1.52 bits per heavy atom. The van der Waals surface area contributed by atoms with Crippen molar-refractivity contribution in [3.63, 3.8) is 0 Å². The lowest BCUT2D eigenvalue weighted by Crippen LogP contribution is -2.20. The quantitative estimate of drug-likeness (QED) is 0.376. The van der Waals surface area contributed by atoms with Crippen molar-refractivity contribution in [1.29, 1.82) is 5.26 Å². The van der Waals surface area contributed by atoms with Gasteiger partial charge in [-0.3, -0.25) is 14.9 Å². The third-order valence-electron chi connectivity index (χ3n) is 2.34. The van der Waals surface area contributed by atoms with E-state index in [2.05, 4.69) is 10.6 Å². The molecule has 110 valence electrons. The summed E-state index contributed by atoms with van der Waals surface area (Å²) in [5.74, 6) is -0.701. The molecule has 21 heavy (non-hydrogen) atoms. The van der Waals surface area contributed by atoms with Crippen molar-refractivity contribution in [2.24, 2.45) is 0 Å². The van der Waals surface area contributed by atoms with Crippen molar-refractivity contribution in [2.75, 3.05) is 5.32 Å². The van der Waals surface area contributed by atoms with Crippen LogP contribution in [-0.4, -0.2) is 16.9 Å². The van der Waals surface area contributed by atoms with E-state index in [1.165, 1.54) is 18.3 Å². The first-order valence-corrected chi connectivity index (χ1v) is 6.34. The highest BCUT2D eigenvalue weighted by Crippen LogP contribution is 2.26. The summed E-state index contributed by atoms with van der Waals surface area (Å²) >= 11 is 5.87. The number of nitrogens with zero attached hydrogens (tertiary/aromatic N) is 2. The molecule has 0 bridgehead atoms. The minimum Gasteiger partial charge on any atom is -0.387 e. The van der Waals surface area contributed by atoms with Gasteiger partial charge in [0.2, 0.25) is 0 Å². The fourth-order valence-corrected chi connectivity index (χ4v) is 1.48. The number of anilines is 1. The van der Waals surface area contributed by atoms with Crippen molar-refractivity contribution >= 4 is 28.9 Å². The number of halogens is 1. The van der Waals surface area contributed by atoms with Crippen LogP contribution in [0.3, 0.4) is 0 Å². The molecule has 1 aromatic carbocycles. The van der Waals surface area contributed by atoms with E-state index in [0.29, 0.717) is 0 Å². The minimum atomic E-state index is -0.701. The molecule has 0 radical (unpaired) electrons. The van der Waals surface area contributed by atoms with Crippen LogP contribution in [0.4, 0.5) is 11.4 Å². The highest BCUT2D eigenvalue weighted by molar-refractivity contribution is 6.34. The molecule has 0 atom stereocenters. The summed E-state index contributed by atoms with van der Waals surface area (Å²) in [4.78, 5) is 22.0. The molecule has 0 fully saturated rings. The molecule has 1 amide bonds. The Morgan fingerprint density at radius 2 is 2.19 bits per heavy atom. The number of hydrogen-bond acceptors (Lipinski definition) is 5. The van der Waals surface area contributed by atoms with Crippen molar-refractivity contribution in [1.82, 2.24) is 5.32 Å². The van der Waals surface area contributed by atoms with Crippen LogP contribution in [0.25, 0.3) is 0 Å². The maximum Gasteiger partial charge on any atom is 0.271 e. The lowest BCUT2D eigenvalue weighted by Gasteiger charge is -2.08. The number of benzene rings is 1. The van der Waals surface area contributed by atoms with E-state index >= 15 is 0 Å². The summed E-state index contributed by atoms with van der Waals surface area (Å²) in [5, 5.41) is 25.0. The Kier molecular flexibility index (Phi) is 5.69. The zero-order chi connectivity index (χ0) is 16.0. The molecule has 7 nitrogen and oxygen atoms in total. The number of nitro benzene ring substituents is 1. The third-order valence-corrected chi connectivity index (χ3v) is 2.66. The number of non-ortho nitro benzene ring substituents is 1. The Labute approximate surface area is 126 Å². The van der Waals surface area contributed by atoms with Crippen LogP contribution in [-0.2, 0) is 4.79 Å². The monoisotopic (exact) mass is 308 g/mol. The molecule has 0 unspecified atom stereocenters. The van der Waals surface area contributed by atoms with Crippen LogP contribution >= 0.6 is 11.6 Å². The van der Waals surface area contributed by atoms with E-state index in [4.69, 9.17) is 16.9 Å². The number of nitriles is 1. The van der Waals surface area contributed by atoms with Crippen LogP contribution in [0.15, 0.2) is 30.0 Å². The second-order valence-corrected chi connectivity index (χ2v) is 4.77. The first-order chi connectivity index (χ1) is 9.85. The van der Waals surface area contributed by atoms with Crippen LogP contribution < -0.4 is 10.6 Å². The number of amides is 1. The SMILES string of the molecule is CC(C)N/C=C(/C#N)C(=O)Nc1cc([N+](=O)[O-])ccc1Cl. The molecule has 0 aliphatic carbocycles. The van der Waals surface area contributed by atoms with E-state index < -0.39 is 10.8 Å². The Balaban J connectivity index is 2.97. The number of nitrogens with one attached hydrogen (secondary N) is 2. The molecule has 0 saturated carbocycles. The van der Waals surface area contributed by atoms with Crippen molar-refractivity contribution in [3.8, 4) is 6.07 Å². The molecule has 0 aromatic heterocycles. The standard InChI is InChI=1S/C13H13ClN4O3/c1-8(2)16-7-9(6-15)13(19)17-12-5-10(18(20)21)3-4-11(12)14/h3-5,7-8,16H,1-2H3,(H,17,19)/b9-7-. The number of rotatable bonds is 5. The largest absolute Gasteiger partial charge is 0.387 e. The van der Waals surface area contributed by atoms with Gasteiger partial charge in [0.15, 0.2) is 0 Å². The predicted molar refractivity (Wildman–Crippen MR) is 78.7 cm³/mol. The van der Waals surface area contributed by atoms with Gasteiger partial charge < -0.3 is 10.6 Å². The molecule has 2 N–H and O–H groups in total. The molecule has 0 heterocycles. The van der Waals surface area contributed by atoms with Gasteiger partial charge in [0, 0.05) is 24.4 Å². The zero-order valence-corrected chi connectivity index (χ0v) is 12.1. The van der Waals surface area contributed by atoms with E-state index in [-0.39, 0.29) is 28.0 Å². The maximum absolute atomic E-state index is 11.9. The van der Waals surface area contributed by atoms with Gasteiger partial charge in [0.05, 0.1) is 15.6 Å². The van der Waals surface area contributed by atoms with Crippen LogP contribution in [0.5, 0.6) is 0 Å². The van der Waals surface area contributed by atoms with Gasteiger partial charge in [-0.1, -0.05) is 11.6 Å². The Bertz CT molecular complexity index is 635. The van der Waals surface area contributed by atoms with Crippen molar-refractivity contribution < 1.29 is 9.72 Å². The van der Waals surface area contributed by atoms with Gasteiger partial charge in [-0.15, -0.1) is 0 Å². The summed E-state index contributed by atoms with van der Waals surface area (Å²) in [6, 6.07) is 5.46. The average Bonchev–Trinajstić information content (AvgIpc) is 2.41. The van der Waals surface area contributed by atoms with Crippen molar-refractivity contribution in [3.05, 3.63) is 45.1 Å². The molecule has 1 rings (SSSR count). The predicted octanol–water partition coefficient (Wildman–Crippen LogP) is 2.59. The molecule has 1 aromatic rings.